The van der Waals surface area contributed by atoms with Gasteiger partial charge in [0.1, 0.15) is 0 Å². The molecule has 0 fully saturated rings. The Kier molecular flexibility index (Phi) is 1.00. The van der Waals surface area contributed by atoms with Crippen molar-refractivity contribution in [2.75, 3.05) is 11.5 Å². The van der Waals surface area contributed by atoms with Crippen LogP contribution < -0.4 is 11.5 Å². The van der Waals surface area contributed by atoms with E-state index in [1.807, 2.05) is 0 Å². The first kappa shape index (κ1) is 5.96. The average molecular weight is 150 g/mol. The SMILES string of the molecule is Nc1ccc2onnc2c1N. The molecule has 0 radical (unpaired) electrons. The molecule has 0 bridgehead atoms. The molecule has 0 atom stereocenters. The molecule has 56 valence electrons. The molecule has 0 aliphatic heterocycles. The lowest BCUT2D eigenvalue weighted by Crippen LogP contribution is -1.94. The lowest BCUT2D eigenvalue weighted by atomic mass is 10.2. The van der Waals surface area contributed by atoms with Gasteiger partial charge in [-0.05, 0) is 12.1 Å². The Hall–Kier alpha value is -1.78. The summed E-state index contributed by atoms with van der Waals surface area (Å²) in [5, 5.41) is 7.00. The Bertz CT molecular complexity index is 394. The van der Waals surface area contributed by atoms with Gasteiger partial charge >= 0.3 is 0 Å². The fourth-order valence-electron chi connectivity index (χ4n) is 0.886. The van der Waals surface area contributed by atoms with Crippen molar-refractivity contribution in [1.29, 1.82) is 0 Å². The van der Waals surface area contributed by atoms with Gasteiger partial charge in [-0.25, -0.2) is 0 Å². The van der Waals surface area contributed by atoms with Crippen molar-refractivity contribution >= 4 is 22.5 Å². The molecule has 1 aromatic carbocycles. The predicted molar refractivity (Wildman–Crippen MR) is 40.6 cm³/mol. The zero-order valence-electron chi connectivity index (χ0n) is 5.61. The molecule has 1 aromatic heterocycles. The molecule has 0 spiro atoms. The van der Waals surface area contributed by atoms with E-state index in [0.29, 0.717) is 22.5 Å². The van der Waals surface area contributed by atoms with E-state index < -0.39 is 0 Å². The van der Waals surface area contributed by atoms with Crippen LogP contribution in [0.2, 0.25) is 0 Å². The van der Waals surface area contributed by atoms with Gasteiger partial charge in [0.25, 0.3) is 0 Å². The van der Waals surface area contributed by atoms with E-state index in [2.05, 4.69) is 10.4 Å². The lowest BCUT2D eigenvalue weighted by Gasteiger charge is -1.95. The Morgan fingerprint density at radius 2 is 2.09 bits per heavy atom. The first-order chi connectivity index (χ1) is 5.29. The quantitative estimate of drug-likeness (QED) is 0.530. The molecule has 0 unspecified atom stereocenters. The number of benzene rings is 1. The molecule has 4 N–H and O–H groups in total. The summed E-state index contributed by atoms with van der Waals surface area (Å²) >= 11 is 0. The van der Waals surface area contributed by atoms with Crippen LogP contribution in [0.4, 0.5) is 11.4 Å². The minimum absolute atomic E-state index is 0.420. The minimum atomic E-state index is 0.420. The van der Waals surface area contributed by atoms with Gasteiger partial charge in [0, 0.05) is 5.27 Å². The molecule has 0 amide bonds. The largest absolute Gasteiger partial charge is 0.397 e. The number of hydrogen-bond donors (Lipinski definition) is 2. The van der Waals surface area contributed by atoms with Crippen LogP contribution in [0, 0.1) is 0 Å². The van der Waals surface area contributed by atoms with Crippen molar-refractivity contribution in [3.05, 3.63) is 12.1 Å². The third-order valence-electron chi connectivity index (χ3n) is 1.49. The Morgan fingerprint density at radius 1 is 1.27 bits per heavy atom. The maximum Gasteiger partial charge on any atom is 0.189 e. The molecule has 2 aromatic rings. The number of rotatable bonds is 0. The highest BCUT2D eigenvalue weighted by Gasteiger charge is 2.05. The van der Waals surface area contributed by atoms with E-state index in [0.717, 1.165) is 0 Å². The number of aromatic nitrogens is 2. The van der Waals surface area contributed by atoms with E-state index in [1.54, 1.807) is 12.1 Å². The summed E-state index contributed by atoms with van der Waals surface area (Å²) in [6, 6.07) is 3.34. The predicted octanol–water partition coefficient (Wildman–Crippen LogP) is 0.387. The number of nitrogens with two attached hydrogens (primary N) is 2. The fraction of sp³-hybridized carbons (Fsp3) is 0. The fourth-order valence-corrected chi connectivity index (χ4v) is 0.886. The highest BCUT2D eigenvalue weighted by molar-refractivity contribution is 5.91. The summed E-state index contributed by atoms with van der Waals surface area (Å²) in [6.45, 7) is 0. The van der Waals surface area contributed by atoms with Crippen molar-refractivity contribution in [3.8, 4) is 0 Å². The molecular formula is C6H6N4O. The summed E-state index contributed by atoms with van der Waals surface area (Å²) in [6.07, 6.45) is 0. The van der Waals surface area contributed by atoms with Crippen molar-refractivity contribution in [1.82, 2.24) is 10.4 Å². The van der Waals surface area contributed by atoms with Gasteiger partial charge in [0.2, 0.25) is 0 Å². The van der Waals surface area contributed by atoms with Crippen LogP contribution in [0.25, 0.3) is 11.1 Å². The van der Waals surface area contributed by atoms with Crippen LogP contribution in [0.3, 0.4) is 0 Å². The molecule has 0 aliphatic carbocycles. The van der Waals surface area contributed by atoms with Crippen LogP contribution in [0.5, 0.6) is 0 Å². The number of hydrogen-bond acceptors (Lipinski definition) is 5. The normalized spacial score (nSPS) is 10.5. The molecule has 5 heteroatoms. The second kappa shape index (κ2) is 1.85. The summed E-state index contributed by atoms with van der Waals surface area (Å²) in [5.74, 6) is 0. The van der Waals surface area contributed by atoms with Gasteiger partial charge in [-0.2, -0.15) is 0 Å². The third-order valence-corrected chi connectivity index (χ3v) is 1.49. The number of fused-ring (bicyclic) bond motifs is 1. The molecule has 0 aliphatic rings. The minimum Gasteiger partial charge on any atom is -0.397 e. The number of anilines is 2. The molecule has 2 rings (SSSR count). The zero-order valence-corrected chi connectivity index (χ0v) is 5.61. The smallest absolute Gasteiger partial charge is 0.189 e. The Morgan fingerprint density at radius 3 is 2.91 bits per heavy atom. The van der Waals surface area contributed by atoms with E-state index >= 15 is 0 Å². The summed E-state index contributed by atoms with van der Waals surface area (Å²) in [7, 11) is 0. The first-order valence-electron chi connectivity index (χ1n) is 3.05. The summed E-state index contributed by atoms with van der Waals surface area (Å²) in [5.41, 5.74) is 13.1. The van der Waals surface area contributed by atoms with Gasteiger partial charge in [-0.1, -0.05) is 0 Å². The van der Waals surface area contributed by atoms with Gasteiger partial charge in [-0.15, -0.1) is 5.10 Å². The summed E-state index contributed by atoms with van der Waals surface area (Å²) < 4.78 is 4.76. The molecule has 11 heavy (non-hydrogen) atoms. The molecule has 1 heterocycles. The van der Waals surface area contributed by atoms with Crippen LogP contribution in [-0.2, 0) is 0 Å². The van der Waals surface area contributed by atoms with Gasteiger partial charge in [0.05, 0.1) is 11.4 Å². The molecule has 0 saturated carbocycles. The average Bonchev–Trinajstić information content (AvgIpc) is 2.45. The number of nitrogen functional groups attached to an aromatic ring is 2. The van der Waals surface area contributed by atoms with E-state index in [4.69, 9.17) is 16.0 Å². The molecule has 5 nitrogen and oxygen atoms in total. The van der Waals surface area contributed by atoms with E-state index in [9.17, 15) is 0 Å². The Balaban J connectivity index is 2.93. The Labute approximate surface area is 61.9 Å². The second-order valence-electron chi connectivity index (χ2n) is 2.19. The highest BCUT2D eigenvalue weighted by Crippen LogP contribution is 2.23. The standard InChI is InChI=1S/C6H6N4O/c7-3-1-2-4-6(5(3)8)9-10-11-4/h1-2H,7-8H2. The summed E-state index contributed by atoms with van der Waals surface area (Å²) in [4.78, 5) is 0. The van der Waals surface area contributed by atoms with Crippen LogP contribution in [0.1, 0.15) is 0 Å². The topological polar surface area (TPSA) is 91.0 Å². The van der Waals surface area contributed by atoms with Gasteiger partial charge < -0.3 is 16.0 Å². The van der Waals surface area contributed by atoms with Crippen LogP contribution in [0.15, 0.2) is 16.7 Å². The van der Waals surface area contributed by atoms with E-state index in [-0.39, 0.29) is 0 Å². The lowest BCUT2D eigenvalue weighted by molar-refractivity contribution is 0.424. The maximum absolute atomic E-state index is 5.58. The zero-order chi connectivity index (χ0) is 7.84. The highest BCUT2D eigenvalue weighted by atomic mass is 16.5. The molecular weight excluding hydrogens is 144 g/mol. The first-order valence-corrected chi connectivity index (χ1v) is 3.05. The van der Waals surface area contributed by atoms with Crippen LogP contribution >= 0.6 is 0 Å². The van der Waals surface area contributed by atoms with E-state index in [1.165, 1.54) is 0 Å². The van der Waals surface area contributed by atoms with Crippen molar-refractivity contribution < 1.29 is 4.52 Å². The number of nitrogens with zero attached hydrogens (tertiary/aromatic N) is 2. The molecule has 0 saturated heterocycles. The van der Waals surface area contributed by atoms with Crippen molar-refractivity contribution in [2.45, 2.75) is 0 Å². The maximum atomic E-state index is 5.58. The van der Waals surface area contributed by atoms with Crippen LogP contribution in [-0.4, -0.2) is 10.4 Å². The third kappa shape index (κ3) is 0.706. The monoisotopic (exact) mass is 150 g/mol. The second-order valence-corrected chi connectivity index (χ2v) is 2.19. The van der Waals surface area contributed by atoms with Crippen molar-refractivity contribution in [3.63, 3.8) is 0 Å². The van der Waals surface area contributed by atoms with Gasteiger partial charge in [0.15, 0.2) is 11.1 Å². The van der Waals surface area contributed by atoms with Gasteiger partial charge in [-0.3, -0.25) is 0 Å². The van der Waals surface area contributed by atoms with Crippen molar-refractivity contribution in [2.24, 2.45) is 0 Å².